The lowest BCUT2D eigenvalue weighted by Gasteiger charge is -2.11. The van der Waals surface area contributed by atoms with Crippen LogP contribution in [0.3, 0.4) is 0 Å². The molecule has 5 heteroatoms. The van der Waals surface area contributed by atoms with Gasteiger partial charge < -0.3 is 10.6 Å². The minimum Gasteiger partial charge on any atom is -0.318 e. The van der Waals surface area contributed by atoms with Crippen LogP contribution >= 0.6 is 15.9 Å². The van der Waals surface area contributed by atoms with Gasteiger partial charge in [-0.05, 0) is 61.7 Å². The van der Waals surface area contributed by atoms with E-state index < -0.39 is 11.8 Å². The Balaban J connectivity index is 2.07. The number of hydrogen-bond acceptors (Lipinski definition) is 2. The summed E-state index contributed by atoms with van der Waals surface area (Å²) in [5, 5.41) is 5.23. The maximum absolute atomic E-state index is 12.0. The van der Waals surface area contributed by atoms with E-state index in [4.69, 9.17) is 0 Å². The smallest absolute Gasteiger partial charge is 0.314 e. The molecule has 2 rings (SSSR count). The molecule has 114 valence electrons. The van der Waals surface area contributed by atoms with E-state index in [0.717, 1.165) is 21.2 Å². The topological polar surface area (TPSA) is 58.2 Å². The van der Waals surface area contributed by atoms with Gasteiger partial charge >= 0.3 is 11.8 Å². The predicted molar refractivity (Wildman–Crippen MR) is 92.1 cm³/mol. The van der Waals surface area contributed by atoms with Gasteiger partial charge in [0.05, 0.1) is 0 Å². The Morgan fingerprint density at radius 2 is 1.59 bits per heavy atom. The third-order valence-electron chi connectivity index (χ3n) is 3.47. The van der Waals surface area contributed by atoms with Crippen LogP contribution in [0, 0.1) is 20.8 Å². The minimum atomic E-state index is -0.692. The number of benzene rings is 2. The molecule has 0 atom stereocenters. The average Bonchev–Trinajstić information content (AvgIpc) is 2.47. The lowest BCUT2D eigenvalue weighted by atomic mass is 10.1. The van der Waals surface area contributed by atoms with Crippen LogP contribution in [0.5, 0.6) is 0 Å². The number of carbonyl (C=O) groups excluding carboxylic acids is 2. The summed E-state index contributed by atoms with van der Waals surface area (Å²) in [5.74, 6) is -1.38. The van der Waals surface area contributed by atoms with Crippen molar-refractivity contribution in [2.24, 2.45) is 0 Å². The molecule has 2 N–H and O–H groups in total. The fraction of sp³-hybridized carbons (Fsp3) is 0.176. The molecule has 0 aliphatic carbocycles. The molecule has 4 nitrogen and oxygen atoms in total. The van der Waals surface area contributed by atoms with Crippen molar-refractivity contribution in [2.45, 2.75) is 20.8 Å². The van der Waals surface area contributed by atoms with Crippen molar-refractivity contribution in [3.63, 3.8) is 0 Å². The van der Waals surface area contributed by atoms with Crippen LogP contribution in [0.2, 0.25) is 0 Å². The van der Waals surface area contributed by atoms with Crippen LogP contribution in [0.4, 0.5) is 11.4 Å². The molecule has 0 aliphatic heterocycles. The number of nitrogens with one attached hydrogen (secondary N) is 2. The maximum Gasteiger partial charge on any atom is 0.314 e. The summed E-state index contributed by atoms with van der Waals surface area (Å²) in [6, 6.07) is 10.9. The van der Waals surface area contributed by atoms with Crippen molar-refractivity contribution in [1.29, 1.82) is 0 Å². The van der Waals surface area contributed by atoms with Gasteiger partial charge in [-0.3, -0.25) is 9.59 Å². The van der Waals surface area contributed by atoms with E-state index in [1.807, 2.05) is 39.0 Å². The molecular formula is C17H17BrN2O2. The molecule has 0 heterocycles. The second-order valence-electron chi connectivity index (χ2n) is 5.12. The number of halogens is 1. The number of rotatable bonds is 2. The molecule has 2 aromatic rings. The highest BCUT2D eigenvalue weighted by Crippen LogP contribution is 2.20. The van der Waals surface area contributed by atoms with E-state index in [1.165, 1.54) is 0 Å². The normalized spacial score (nSPS) is 10.2. The van der Waals surface area contributed by atoms with Crippen molar-refractivity contribution >= 4 is 39.1 Å². The lowest BCUT2D eigenvalue weighted by Crippen LogP contribution is -2.29. The van der Waals surface area contributed by atoms with Gasteiger partial charge in [0.2, 0.25) is 0 Å². The molecule has 0 bridgehead atoms. The van der Waals surface area contributed by atoms with Crippen LogP contribution in [-0.4, -0.2) is 11.8 Å². The minimum absolute atomic E-state index is 0.585. The Labute approximate surface area is 138 Å². The zero-order chi connectivity index (χ0) is 16.3. The Morgan fingerprint density at radius 3 is 2.27 bits per heavy atom. The molecule has 0 fully saturated rings. The predicted octanol–water partition coefficient (Wildman–Crippen LogP) is 3.95. The fourth-order valence-corrected chi connectivity index (χ4v) is 2.22. The van der Waals surface area contributed by atoms with Gasteiger partial charge in [0.25, 0.3) is 0 Å². The van der Waals surface area contributed by atoms with Gasteiger partial charge in [0.15, 0.2) is 0 Å². The summed E-state index contributed by atoms with van der Waals surface area (Å²) in [6.07, 6.45) is 0. The van der Waals surface area contributed by atoms with Crippen LogP contribution in [0.25, 0.3) is 0 Å². The standard InChI is InChI=1S/C17H17BrN2O2/c1-10-5-4-6-15(12(10)3)20-17(22)16(21)19-13-7-8-14(18)11(2)9-13/h4-9H,1-3H3,(H,19,21)(H,20,22). The number of hydrogen-bond donors (Lipinski definition) is 2. The molecule has 0 aromatic heterocycles. The summed E-state index contributed by atoms with van der Waals surface area (Å²) in [5.41, 5.74) is 4.21. The first-order valence-electron chi connectivity index (χ1n) is 6.83. The van der Waals surface area contributed by atoms with E-state index in [-0.39, 0.29) is 0 Å². The van der Waals surface area contributed by atoms with Crippen molar-refractivity contribution in [2.75, 3.05) is 10.6 Å². The van der Waals surface area contributed by atoms with Gasteiger partial charge in [0, 0.05) is 15.8 Å². The molecule has 0 saturated carbocycles. The number of carbonyl (C=O) groups is 2. The molecule has 22 heavy (non-hydrogen) atoms. The summed E-state index contributed by atoms with van der Waals surface area (Å²) in [7, 11) is 0. The molecule has 0 aliphatic rings. The van der Waals surface area contributed by atoms with Crippen molar-refractivity contribution < 1.29 is 9.59 Å². The van der Waals surface area contributed by atoms with Crippen LogP contribution < -0.4 is 10.6 Å². The number of amides is 2. The second-order valence-corrected chi connectivity index (χ2v) is 5.97. The highest BCUT2D eigenvalue weighted by atomic mass is 79.9. The molecule has 0 radical (unpaired) electrons. The summed E-state index contributed by atoms with van der Waals surface area (Å²) in [6.45, 7) is 5.77. The highest BCUT2D eigenvalue weighted by Gasteiger charge is 2.15. The monoisotopic (exact) mass is 360 g/mol. The Kier molecular flexibility index (Phi) is 4.98. The lowest BCUT2D eigenvalue weighted by molar-refractivity contribution is -0.133. The first-order valence-corrected chi connectivity index (χ1v) is 7.62. The van der Waals surface area contributed by atoms with Crippen molar-refractivity contribution in [3.8, 4) is 0 Å². The van der Waals surface area contributed by atoms with Gasteiger partial charge in [-0.2, -0.15) is 0 Å². The number of aryl methyl sites for hydroxylation is 2. The molecule has 0 unspecified atom stereocenters. The molecule has 0 spiro atoms. The third-order valence-corrected chi connectivity index (χ3v) is 4.36. The molecule has 2 aromatic carbocycles. The summed E-state index contributed by atoms with van der Waals surface area (Å²) >= 11 is 3.39. The van der Waals surface area contributed by atoms with Crippen LogP contribution in [0.1, 0.15) is 16.7 Å². The van der Waals surface area contributed by atoms with Crippen molar-refractivity contribution in [3.05, 3.63) is 57.6 Å². The van der Waals surface area contributed by atoms with Gasteiger partial charge in [-0.15, -0.1) is 0 Å². The van der Waals surface area contributed by atoms with E-state index in [9.17, 15) is 9.59 Å². The summed E-state index contributed by atoms with van der Waals surface area (Å²) < 4.78 is 0.949. The first kappa shape index (κ1) is 16.2. The Hall–Kier alpha value is -2.14. The molecule has 0 saturated heterocycles. The Bertz CT molecular complexity index is 741. The largest absolute Gasteiger partial charge is 0.318 e. The second kappa shape index (κ2) is 6.75. The number of anilines is 2. The van der Waals surface area contributed by atoms with E-state index >= 15 is 0 Å². The SMILES string of the molecule is Cc1cc(NC(=O)C(=O)Nc2cccc(C)c2C)ccc1Br. The van der Waals surface area contributed by atoms with E-state index in [0.29, 0.717) is 11.4 Å². The zero-order valence-electron chi connectivity index (χ0n) is 12.7. The quantitative estimate of drug-likeness (QED) is 0.796. The van der Waals surface area contributed by atoms with Crippen LogP contribution in [-0.2, 0) is 9.59 Å². The average molecular weight is 361 g/mol. The van der Waals surface area contributed by atoms with E-state index in [2.05, 4.69) is 26.6 Å². The highest BCUT2D eigenvalue weighted by molar-refractivity contribution is 9.10. The maximum atomic E-state index is 12.0. The van der Waals surface area contributed by atoms with Gasteiger partial charge in [-0.1, -0.05) is 28.1 Å². The Morgan fingerprint density at radius 1 is 0.909 bits per heavy atom. The third kappa shape index (κ3) is 3.74. The van der Waals surface area contributed by atoms with Gasteiger partial charge in [-0.25, -0.2) is 0 Å². The summed E-state index contributed by atoms with van der Waals surface area (Å²) in [4.78, 5) is 24.0. The van der Waals surface area contributed by atoms with E-state index in [1.54, 1.807) is 18.2 Å². The van der Waals surface area contributed by atoms with Crippen LogP contribution in [0.15, 0.2) is 40.9 Å². The first-order chi connectivity index (χ1) is 10.4. The molecular weight excluding hydrogens is 344 g/mol. The van der Waals surface area contributed by atoms with Gasteiger partial charge in [0.1, 0.15) is 0 Å². The fourth-order valence-electron chi connectivity index (χ4n) is 1.98. The zero-order valence-corrected chi connectivity index (χ0v) is 14.2. The van der Waals surface area contributed by atoms with Crippen molar-refractivity contribution in [1.82, 2.24) is 0 Å². The molecule has 2 amide bonds.